The van der Waals surface area contributed by atoms with Gasteiger partial charge in [0, 0.05) is 6.50 Å². The second kappa shape index (κ2) is 2.44. The Morgan fingerprint density at radius 2 is 2.50 bits per heavy atom. The van der Waals surface area contributed by atoms with Gasteiger partial charge in [-0.1, -0.05) is 0 Å². The van der Waals surface area contributed by atoms with Crippen LogP contribution in [0.3, 0.4) is 0 Å². The molecule has 5 heteroatoms. The molecule has 0 amide bonds. The molecule has 2 rings (SSSR count). The van der Waals surface area contributed by atoms with Gasteiger partial charge in [-0.05, 0) is 6.92 Å². The first kappa shape index (κ1) is 5.08. The lowest BCUT2D eigenvalue weighted by Crippen LogP contribution is -1.99. The average Bonchev–Trinajstić information content (AvgIpc) is 2.45. The van der Waals surface area contributed by atoms with Crippen LogP contribution < -0.4 is 5.73 Å². The Balaban J connectivity index is 2.73. The third kappa shape index (κ3) is 0.903. The maximum atomic E-state index is 7.50. The molecule has 0 aliphatic rings. The Kier molecular flexibility index (Phi) is 1.03. The zero-order valence-corrected chi connectivity index (χ0v) is 6.52. The van der Waals surface area contributed by atoms with Crippen LogP contribution in [0, 0.1) is 0 Å². The normalized spacial score (nSPS) is 14.4. The van der Waals surface area contributed by atoms with E-state index in [1.54, 1.807) is 0 Å². The molecule has 0 aliphatic carbocycles. The van der Waals surface area contributed by atoms with Crippen LogP contribution in [0.2, 0.25) is 0 Å². The van der Waals surface area contributed by atoms with Crippen LogP contribution in [0.4, 0.5) is 5.82 Å². The van der Waals surface area contributed by atoms with Crippen molar-refractivity contribution in [1.29, 1.82) is 0 Å². The fraction of sp³-hybridized carbons (Fsp3) is 0.286. The highest BCUT2D eigenvalue weighted by Gasteiger charge is 2.02. The number of anilines is 1. The van der Waals surface area contributed by atoms with Gasteiger partial charge in [-0.25, -0.2) is 14.6 Å². The van der Waals surface area contributed by atoms with Gasteiger partial charge in [0.1, 0.15) is 11.3 Å². The number of aryl methyl sites for hydroxylation is 1. The van der Waals surface area contributed by atoms with E-state index in [0.717, 1.165) is 4.68 Å². The monoisotopic (exact) mass is 165 g/mol. The lowest BCUT2D eigenvalue weighted by atomic mass is 10.5. The Morgan fingerprint density at radius 1 is 1.67 bits per heavy atom. The Bertz CT molecular complexity index is 472. The summed E-state index contributed by atoms with van der Waals surface area (Å²) in [7, 11) is 0. The van der Waals surface area contributed by atoms with E-state index in [2.05, 4.69) is 15.1 Å². The van der Waals surface area contributed by atoms with Gasteiger partial charge in [0.05, 0.1) is 15.1 Å². The van der Waals surface area contributed by atoms with Crippen LogP contribution in [-0.2, 0) is 6.50 Å². The smallest absolute Gasteiger partial charge is 0.178 e. The first-order valence-electron chi connectivity index (χ1n) is 4.45. The van der Waals surface area contributed by atoms with Crippen molar-refractivity contribution in [3.63, 3.8) is 0 Å². The van der Waals surface area contributed by atoms with Gasteiger partial charge in [-0.15, -0.1) is 0 Å². The highest BCUT2D eigenvalue weighted by molar-refractivity contribution is 5.70. The first-order chi connectivity index (χ1) is 6.48. The zero-order valence-electron chi connectivity index (χ0n) is 8.52. The molecule has 2 heterocycles. The Morgan fingerprint density at radius 3 is 3.25 bits per heavy atom. The molecule has 2 N–H and O–H groups in total. The Hall–Kier alpha value is -1.65. The second-order valence-corrected chi connectivity index (χ2v) is 2.28. The average molecular weight is 165 g/mol. The lowest BCUT2D eigenvalue weighted by Gasteiger charge is -1.96. The molecule has 0 aromatic carbocycles. The fourth-order valence-electron chi connectivity index (χ4n) is 0.980. The van der Waals surface area contributed by atoms with Crippen LogP contribution in [0.1, 0.15) is 9.67 Å². The van der Waals surface area contributed by atoms with Crippen LogP contribution in [0.25, 0.3) is 11.2 Å². The van der Waals surface area contributed by atoms with Crippen molar-refractivity contribution in [1.82, 2.24) is 19.7 Å². The predicted molar refractivity (Wildman–Crippen MR) is 45.4 cm³/mol. The third-order valence-electron chi connectivity index (χ3n) is 1.51. The molecule has 2 aromatic heterocycles. The van der Waals surface area contributed by atoms with Crippen LogP contribution in [-0.4, -0.2) is 19.7 Å². The van der Waals surface area contributed by atoms with Crippen molar-refractivity contribution in [3.8, 4) is 0 Å². The maximum Gasteiger partial charge on any atom is 0.178 e. The molecule has 12 heavy (non-hydrogen) atoms. The maximum absolute atomic E-state index is 7.50. The molecule has 0 bridgehead atoms. The Labute approximate surface area is 72.0 Å². The van der Waals surface area contributed by atoms with E-state index in [4.69, 9.17) is 8.48 Å². The zero-order chi connectivity index (χ0) is 10.3. The van der Waals surface area contributed by atoms with Crippen LogP contribution in [0.5, 0.6) is 0 Å². The van der Waals surface area contributed by atoms with Gasteiger partial charge in [0.25, 0.3) is 0 Å². The molecular formula is C7H9N5. The lowest BCUT2D eigenvalue weighted by molar-refractivity contribution is 0.677. The summed E-state index contributed by atoms with van der Waals surface area (Å²) in [6.45, 7) is -0.214. The number of nitrogens with two attached hydrogens (primary N) is 1. The van der Waals surface area contributed by atoms with E-state index < -0.39 is 6.50 Å². The molecule has 62 valence electrons. The fourth-order valence-corrected chi connectivity index (χ4v) is 0.980. The van der Waals surface area contributed by atoms with E-state index >= 15 is 0 Å². The van der Waals surface area contributed by atoms with Crippen molar-refractivity contribution < 1.29 is 2.74 Å². The van der Waals surface area contributed by atoms with Crippen molar-refractivity contribution in [2.75, 3.05) is 5.73 Å². The highest BCUT2D eigenvalue weighted by Crippen LogP contribution is 2.08. The standard InChI is InChI=1S/C7H9N5/c1-2-12-7-5(3-10-12)9-4-6(8)11-7/h3-4H,2H2,1H3,(H2,8,11)/i2D2. The number of fused-ring (bicyclic) bond motifs is 1. The summed E-state index contributed by atoms with van der Waals surface area (Å²) >= 11 is 0. The van der Waals surface area contributed by atoms with Gasteiger partial charge < -0.3 is 5.73 Å². The molecule has 0 spiro atoms. The summed E-state index contributed by atoms with van der Waals surface area (Å²) in [5, 5.41) is 3.87. The molecule has 0 atom stereocenters. The molecular weight excluding hydrogens is 154 g/mol. The number of hydrogen-bond acceptors (Lipinski definition) is 4. The number of rotatable bonds is 1. The number of hydrogen-bond donors (Lipinski definition) is 1. The molecule has 0 saturated heterocycles. The van der Waals surface area contributed by atoms with E-state index in [0.29, 0.717) is 11.2 Å². The van der Waals surface area contributed by atoms with Gasteiger partial charge in [-0.3, -0.25) is 0 Å². The SMILES string of the molecule is [2H]C([2H])(C)n1ncc2ncc(N)nc21. The summed E-state index contributed by atoms with van der Waals surface area (Å²) in [6, 6.07) is 0. The molecule has 0 unspecified atom stereocenters. The summed E-state index contributed by atoms with van der Waals surface area (Å²) < 4.78 is 16.2. The van der Waals surface area contributed by atoms with E-state index in [-0.39, 0.29) is 5.82 Å². The van der Waals surface area contributed by atoms with Crippen molar-refractivity contribution in [2.24, 2.45) is 0 Å². The summed E-state index contributed by atoms with van der Waals surface area (Å²) in [4.78, 5) is 7.96. The van der Waals surface area contributed by atoms with E-state index in [1.807, 2.05) is 0 Å². The van der Waals surface area contributed by atoms with Gasteiger partial charge in [0.15, 0.2) is 5.65 Å². The molecule has 0 radical (unpaired) electrons. The van der Waals surface area contributed by atoms with Crippen molar-refractivity contribution in [3.05, 3.63) is 12.4 Å². The molecule has 5 nitrogen and oxygen atoms in total. The number of nitrogen functional groups attached to an aromatic ring is 1. The second-order valence-electron chi connectivity index (χ2n) is 2.28. The minimum absolute atomic E-state index is 0.253. The van der Waals surface area contributed by atoms with Crippen molar-refractivity contribution >= 4 is 17.0 Å². The van der Waals surface area contributed by atoms with Gasteiger partial charge in [0.2, 0.25) is 0 Å². The first-order valence-corrected chi connectivity index (χ1v) is 3.45. The number of aromatic nitrogens is 4. The van der Waals surface area contributed by atoms with E-state index in [1.165, 1.54) is 19.3 Å². The molecule has 0 saturated carbocycles. The minimum Gasteiger partial charge on any atom is -0.382 e. The van der Waals surface area contributed by atoms with Crippen LogP contribution >= 0.6 is 0 Å². The molecule has 2 aromatic rings. The summed E-state index contributed by atoms with van der Waals surface area (Å²) in [5.41, 5.74) is 6.35. The highest BCUT2D eigenvalue weighted by atomic mass is 15.3. The van der Waals surface area contributed by atoms with Gasteiger partial charge >= 0.3 is 0 Å². The summed E-state index contributed by atoms with van der Waals surface area (Å²) in [5.74, 6) is 0.253. The third-order valence-corrected chi connectivity index (χ3v) is 1.51. The topological polar surface area (TPSA) is 69.6 Å². The number of nitrogens with zero attached hydrogens (tertiary/aromatic N) is 4. The van der Waals surface area contributed by atoms with E-state index in [9.17, 15) is 0 Å². The van der Waals surface area contributed by atoms with Crippen LogP contribution in [0.15, 0.2) is 12.4 Å². The summed E-state index contributed by atoms with van der Waals surface area (Å²) in [6.07, 6.45) is 2.88. The van der Waals surface area contributed by atoms with Gasteiger partial charge in [-0.2, -0.15) is 5.10 Å². The predicted octanol–water partition coefficient (Wildman–Crippen LogP) is 0.428. The quantitative estimate of drug-likeness (QED) is 0.665. The largest absolute Gasteiger partial charge is 0.382 e. The molecule has 0 aliphatic heterocycles. The van der Waals surface area contributed by atoms with Crippen molar-refractivity contribution in [2.45, 2.75) is 13.4 Å². The minimum atomic E-state index is -1.61. The molecule has 0 fully saturated rings.